The van der Waals surface area contributed by atoms with Crippen molar-refractivity contribution in [1.82, 2.24) is 10.6 Å². The van der Waals surface area contributed by atoms with Crippen LogP contribution in [0.25, 0.3) is 0 Å². The molecule has 2 heterocycles. The topological polar surface area (TPSA) is 58.8 Å². The minimum Gasteiger partial charge on any atom is -0.469 e. The van der Waals surface area contributed by atoms with E-state index in [0.717, 1.165) is 44.1 Å². The third-order valence-corrected chi connectivity index (χ3v) is 3.53. The molecule has 0 aromatic carbocycles. The van der Waals surface area contributed by atoms with Gasteiger partial charge >= 0.3 is 0 Å². The summed E-state index contributed by atoms with van der Waals surface area (Å²) in [6.45, 7) is 8.81. The van der Waals surface area contributed by atoms with E-state index in [-0.39, 0.29) is 29.6 Å². The van der Waals surface area contributed by atoms with Gasteiger partial charge < -0.3 is 19.8 Å². The number of nitrogens with zero attached hydrogens (tertiary/aromatic N) is 1. The number of hydrogen-bond donors (Lipinski definition) is 2. The van der Waals surface area contributed by atoms with E-state index in [9.17, 15) is 0 Å². The zero-order valence-corrected chi connectivity index (χ0v) is 15.5. The summed E-state index contributed by atoms with van der Waals surface area (Å²) in [7, 11) is 0. The Morgan fingerprint density at radius 2 is 2.36 bits per heavy atom. The van der Waals surface area contributed by atoms with Gasteiger partial charge in [0, 0.05) is 26.1 Å². The zero-order chi connectivity index (χ0) is 15.0. The molecule has 5 nitrogen and oxygen atoms in total. The maximum atomic E-state index is 5.76. The van der Waals surface area contributed by atoms with Crippen molar-refractivity contribution >= 4 is 29.9 Å². The Morgan fingerprint density at radius 1 is 1.50 bits per heavy atom. The molecule has 0 saturated carbocycles. The Morgan fingerprint density at radius 3 is 3.00 bits per heavy atom. The van der Waals surface area contributed by atoms with Gasteiger partial charge in [-0.2, -0.15) is 0 Å². The molecule has 1 atom stereocenters. The first-order chi connectivity index (χ1) is 10.2. The lowest BCUT2D eigenvalue weighted by atomic mass is 10.0. The molecule has 1 aromatic heterocycles. The number of aliphatic imine (C=N–C) groups is 1. The van der Waals surface area contributed by atoms with Crippen LogP contribution in [-0.4, -0.2) is 37.8 Å². The van der Waals surface area contributed by atoms with Gasteiger partial charge in [0.25, 0.3) is 0 Å². The number of halogens is 1. The minimum atomic E-state index is -0.121. The van der Waals surface area contributed by atoms with Crippen LogP contribution in [0.1, 0.15) is 25.5 Å². The summed E-state index contributed by atoms with van der Waals surface area (Å²) >= 11 is 0. The second-order valence-corrected chi connectivity index (χ2v) is 5.49. The van der Waals surface area contributed by atoms with Gasteiger partial charge in [-0.25, -0.2) is 0 Å². The maximum absolute atomic E-state index is 5.76. The summed E-state index contributed by atoms with van der Waals surface area (Å²) in [5.74, 6) is 1.76. The van der Waals surface area contributed by atoms with Crippen LogP contribution in [0.5, 0.6) is 0 Å². The highest BCUT2D eigenvalue weighted by atomic mass is 127. The van der Waals surface area contributed by atoms with Gasteiger partial charge in [-0.15, -0.1) is 30.6 Å². The first-order valence-corrected chi connectivity index (χ1v) is 7.51. The van der Waals surface area contributed by atoms with Gasteiger partial charge in [0.05, 0.1) is 18.4 Å². The molecule has 1 saturated heterocycles. The molecule has 1 aliphatic heterocycles. The molecule has 1 fully saturated rings. The van der Waals surface area contributed by atoms with E-state index in [1.165, 1.54) is 0 Å². The SMILES string of the molecule is C=CCNC(=NCC1(C)CCCO1)NCCc1ccco1.I. The molecular formula is C16H26IN3O2. The summed E-state index contributed by atoms with van der Waals surface area (Å²) in [6, 6.07) is 3.88. The van der Waals surface area contributed by atoms with Crippen LogP contribution in [0.4, 0.5) is 0 Å². The van der Waals surface area contributed by atoms with Crippen molar-refractivity contribution in [3.63, 3.8) is 0 Å². The standard InChI is InChI=1S/C16H25N3O2.HI/c1-3-9-17-15(18-10-7-14-6-4-11-20-14)19-13-16(2)8-5-12-21-16;/h3-4,6,11H,1,5,7-10,12-13H2,2H3,(H2,17,18,19);1H. The lowest BCUT2D eigenvalue weighted by Crippen LogP contribution is -2.40. The summed E-state index contributed by atoms with van der Waals surface area (Å²) in [5.41, 5.74) is -0.121. The van der Waals surface area contributed by atoms with Gasteiger partial charge in [0.2, 0.25) is 0 Å². The van der Waals surface area contributed by atoms with Gasteiger partial charge in [-0.05, 0) is 31.9 Å². The molecule has 6 heteroatoms. The van der Waals surface area contributed by atoms with Crippen LogP contribution >= 0.6 is 24.0 Å². The highest BCUT2D eigenvalue weighted by molar-refractivity contribution is 14.0. The van der Waals surface area contributed by atoms with Crippen molar-refractivity contribution in [1.29, 1.82) is 0 Å². The molecule has 1 aliphatic rings. The number of nitrogens with one attached hydrogen (secondary N) is 2. The monoisotopic (exact) mass is 419 g/mol. The van der Waals surface area contributed by atoms with Crippen LogP contribution in [-0.2, 0) is 11.2 Å². The highest BCUT2D eigenvalue weighted by Crippen LogP contribution is 2.24. The van der Waals surface area contributed by atoms with Gasteiger partial charge in [0.15, 0.2) is 5.96 Å². The van der Waals surface area contributed by atoms with E-state index >= 15 is 0 Å². The van der Waals surface area contributed by atoms with Crippen molar-refractivity contribution in [3.05, 3.63) is 36.8 Å². The third kappa shape index (κ3) is 6.39. The lowest BCUT2D eigenvalue weighted by molar-refractivity contribution is 0.0283. The van der Waals surface area contributed by atoms with Gasteiger partial charge in [-0.1, -0.05) is 6.08 Å². The van der Waals surface area contributed by atoms with Crippen molar-refractivity contribution < 1.29 is 9.15 Å². The normalized spacial score (nSPS) is 21.2. The van der Waals surface area contributed by atoms with Crippen LogP contribution < -0.4 is 10.6 Å². The molecule has 2 rings (SSSR count). The van der Waals surface area contributed by atoms with E-state index in [1.54, 1.807) is 6.26 Å². The molecule has 22 heavy (non-hydrogen) atoms. The van der Waals surface area contributed by atoms with E-state index in [2.05, 4.69) is 29.1 Å². The largest absolute Gasteiger partial charge is 0.469 e. The fourth-order valence-corrected chi connectivity index (χ4v) is 2.31. The van der Waals surface area contributed by atoms with Crippen LogP contribution in [0, 0.1) is 0 Å². The minimum absolute atomic E-state index is 0. The predicted octanol–water partition coefficient (Wildman–Crippen LogP) is 2.73. The maximum Gasteiger partial charge on any atom is 0.191 e. The highest BCUT2D eigenvalue weighted by Gasteiger charge is 2.29. The number of hydrogen-bond acceptors (Lipinski definition) is 3. The summed E-state index contributed by atoms with van der Waals surface area (Å²) in [6.07, 6.45) is 6.52. The number of ether oxygens (including phenoxy) is 1. The molecule has 0 bridgehead atoms. The smallest absolute Gasteiger partial charge is 0.191 e. The Hall–Kier alpha value is -1.02. The molecule has 124 valence electrons. The predicted molar refractivity (Wildman–Crippen MR) is 99.9 cm³/mol. The fourth-order valence-electron chi connectivity index (χ4n) is 2.31. The van der Waals surface area contributed by atoms with E-state index < -0.39 is 0 Å². The van der Waals surface area contributed by atoms with Crippen molar-refractivity contribution in [2.45, 2.75) is 31.8 Å². The molecule has 0 aliphatic carbocycles. The van der Waals surface area contributed by atoms with Crippen molar-refractivity contribution in [2.75, 3.05) is 26.2 Å². The Labute approximate surface area is 149 Å². The molecule has 1 aromatic rings. The third-order valence-electron chi connectivity index (χ3n) is 3.53. The average molecular weight is 419 g/mol. The molecule has 0 radical (unpaired) electrons. The first-order valence-electron chi connectivity index (χ1n) is 7.51. The second kappa shape index (κ2) is 9.89. The number of guanidine groups is 1. The summed E-state index contributed by atoms with van der Waals surface area (Å²) in [5, 5.41) is 6.53. The first kappa shape index (κ1) is 19.0. The van der Waals surface area contributed by atoms with E-state index in [4.69, 9.17) is 9.15 Å². The quantitative estimate of drug-likeness (QED) is 0.309. The molecule has 0 amide bonds. The lowest BCUT2D eigenvalue weighted by Gasteiger charge is -2.21. The van der Waals surface area contributed by atoms with Crippen LogP contribution in [0.3, 0.4) is 0 Å². The van der Waals surface area contributed by atoms with Crippen molar-refractivity contribution in [3.8, 4) is 0 Å². The molecule has 2 N–H and O–H groups in total. The Bertz CT molecular complexity index is 454. The summed E-state index contributed by atoms with van der Waals surface area (Å²) in [4.78, 5) is 4.62. The summed E-state index contributed by atoms with van der Waals surface area (Å²) < 4.78 is 11.1. The molecule has 1 unspecified atom stereocenters. The Kier molecular flexibility index (Phi) is 8.55. The second-order valence-electron chi connectivity index (χ2n) is 5.49. The van der Waals surface area contributed by atoms with E-state index in [1.807, 2.05) is 18.2 Å². The average Bonchev–Trinajstić information content (AvgIpc) is 3.13. The van der Waals surface area contributed by atoms with E-state index in [0.29, 0.717) is 13.1 Å². The zero-order valence-electron chi connectivity index (χ0n) is 13.1. The van der Waals surface area contributed by atoms with Crippen LogP contribution in [0.2, 0.25) is 0 Å². The molecule has 0 spiro atoms. The number of furan rings is 1. The fraction of sp³-hybridized carbons (Fsp3) is 0.562. The van der Waals surface area contributed by atoms with Gasteiger partial charge in [0.1, 0.15) is 5.76 Å². The number of rotatable bonds is 7. The molecular weight excluding hydrogens is 393 g/mol. The van der Waals surface area contributed by atoms with Crippen molar-refractivity contribution in [2.24, 2.45) is 4.99 Å². The Balaban J connectivity index is 0.00000242. The van der Waals surface area contributed by atoms with Crippen LogP contribution in [0.15, 0.2) is 40.5 Å². The van der Waals surface area contributed by atoms with Gasteiger partial charge in [-0.3, -0.25) is 4.99 Å².